The van der Waals surface area contributed by atoms with Crippen molar-refractivity contribution >= 4 is 39.3 Å². The number of para-hydroxylation sites is 1. The number of aliphatic hydroxyl groups excluding tert-OH is 1. The molecule has 0 aromatic heterocycles. The molecule has 2 aromatic carbocycles. The zero-order chi connectivity index (χ0) is 33.0. The van der Waals surface area contributed by atoms with E-state index in [0.29, 0.717) is 38.9 Å². The number of benzene rings is 2. The first-order valence-corrected chi connectivity index (χ1v) is 17.3. The van der Waals surface area contributed by atoms with Crippen LogP contribution in [-0.2, 0) is 25.7 Å². The molecule has 2 aromatic rings. The fourth-order valence-corrected chi connectivity index (χ4v) is 8.82. The van der Waals surface area contributed by atoms with Crippen molar-refractivity contribution in [2.24, 2.45) is 11.8 Å². The zero-order valence-electron chi connectivity index (χ0n) is 26.9. The van der Waals surface area contributed by atoms with Crippen LogP contribution in [0.25, 0.3) is 0 Å². The molecule has 0 saturated carbocycles. The Morgan fingerprint density at radius 2 is 1.67 bits per heavy atom. The molecular weight excluding hydrogens is 646 g/mol. The highest BCUT2D eigenvalue weighted by atomic mass is 79.9. The fraction of sp³-hybridized carbons (Fsp3) is 0.486. The van der Waals surface area contributed by atoms with E-state index >= 15 is 0 Å². The van der Waals surface area contributed by atoms with E-state index in [4.69, 9.17) is 4.74 Å². The number of likely N-dealkylation sites (tertiary alicyclic amines) is 1. The third-order valence-corrected chi connectivity index (χ3v) is 10.6. The van der Waals surface area contributed by atoms with Gasteiger partial charge in [0.2, 0.25) is 11.8 Å². The molecular formula is C37H46BrN3O5. The second-order valence-electron chi connectivity index (χ2n) is 12.8. The van der Waals surface area contributed by atoms with Gasteiger partial charge in [-0.1, -0.05) is 89.5 Å². The quantitative estimate of drug-likeness (QED) is 0.155. The number of hydrogen-bond acceptors (Lipinski definition) is 5. The number of halogens is 1. The van der Waals surface area contributed by atoms with E-state index in [0.717, 1.165) is 35.2 Å². The SMILES string of the molecule is C=CCN(Cc1ccccc1)C(=O)[C@H]1[C@H]2C(=O)N(CCCCCCO)C(C(=O)N(CC=C)c3c(C)cccc3C)C23CC(Br)[C@@H]1O3. The molecule has 3 unspecified atom stereocenters. The van der Waals surface area contributed by atoms with Gasteiger partial charge in [0.1, 0.15) is 11.6 Å². The number of alkyl halides is 1. The summed E-state index contributed by atoms with van der Waals surface area (Å²) in [5.74, 6) is -2.09. The molecule has 6 atom stereocenters. The molecule has 3 saturated heterocycles. The van der Waals surface area contributed by atoms with Crippen LogP contribution in [0, 0.1) is 25.7 Å². The number of aryl methyl sites for hydroxylation is 2. The Kier molecular flexibility index (Phi) is 10.9. The number of aliphatic hydroxyl groups is 1. The first-order valence-electron chi connectivity index (χ1n) is 16.4. The van der Waals surface area contributed by atoms with Crippen LogP contribution in [-0.4, -0.2) is 81.4 Å². The Balaban J connectivity index is 1.55. The van der Waals surface area contributed by atoms with Crippen LogP contribution in [0.5, 0.6) is 0 Å². The highest BCUT2D eigenvalue weighted by molar-refractivity contribution is 9.09. The second kappa shape index (κ2) is 14.7. The monoisotopic (exact) mass is 691 g/mol. The summed E-state index contributed by atoms with van der Waals surface area (Å²) < 4.78 is 6.82. The molecule has 9 heteroatoms. The molecule has 8 nitrogen and oxygen atoms in total. The summed E-state index contributed by atoms with van der Waals surface area (Å²) in [6.45, 7) is 13.3. The average Bonchev–Trinajstić information content (AvgIpc) is 3.63. The standard InChI is InChI=1S/C37H46BrN3O5/c1-5-19-39(24-27-17-10-9-11-18-27)34(43)29-30-35(44)41(21-12-7-8-13-22-42)33(37(30)23-28(38)32(29)46-37)36(45)40(20-6-2)31-25(3)15-14-16-26(31)4/h5-6,9-11,14-18,28-30,32-33,42H,1-2,7-8,12-13,19-24H2,3-4H3/t28?,29-,30-,32-,33?,37?/m0/s1. The summed E-state index contributed by atoms with van der Waals surface area (Å²) in [5, 5.41) is 9.27. The smallest absolute Gasteiger partial charge is 0.253 e. The second-order valence-corrected chi connectivity index (χ2v) is 14.0. The Bertz CT molecular complexity index is 1430. The lowest BCUT2D eigenvalue weighted by Gasteiger charge is -2.38. The van der Waals surface area contributed by atoms with Gasteiger partial charge in [-0.25, -0.2) is 0 Å². The molecule has 2 bridgehead atoms. The van der Waals surface area contributed by atoms with E-state index in [9.17, 15) is 19.5 Å². The number of amides is 3. The van der Waals surface area contributed by atoms with Crippen LogP contribution in [0.3, 0.4) is 0 Å². The maximum absolute atomic E-state index is 15.0. The molecule has 3 aliphatic rings. The van der Waals surface area contributed by atoms with E-state index in [2.05, 4.69) is 29.1 Å². The minimum atomic E-state index is -1.15. The minimum absolute atomic E-state index is 0.122. The summed E-state index contributed by atoms with van der Waals surface area (Å²) in [4.78, 5) is 49.1. The van der Waals surface area contributed by atoms with Gasteiger partial charge in [0.25, 0.3) is 5.91 Å². The normalized spacial score (nSPS) is 26.2. The van der Waals surface area contributed by atoms with Crippen molar-refractivity contribution in [1.82, 2.24) is 9.80 Å². The number of carbonyl (C=O) groups is 3. The third-order valence-electron chi connectivity index (χ3n) is 9.78. The van der Waals surface area contributed by atoms with Gasteiger partial charge in [0.15, 0.2) is 0 Å². The van der Waals surface area contributed by atoms with E-state index in [1.165, 1.54) is 0 Å². The highest BCUT2D eigenvalue weighted by Crippen LogP contribution is 2.60. The van der Waals surface area contributed by atoms with Gasteiger partial charge in [-0.2, -0.15) is 0 Å². The lowest BCUT2D eigenvalue weighted by atomic mass is 9.70. The lowest BCUT2D eigenvalue weighted by Crippen LogP contribution is -2.57. The van der Waals surface area contributed by atoms with Gasteiger partial charge < -0.3 is 24.5 Å². The topological polar surface area (TPSA) is 90.4 Å². The fourth-order valence-electron chi connectivity index (χ4n) is 7.88. The van der Waals surface area contributed by atoms with Gasteiger partial charge in [-0.05, 0) is 49.8 Å². The number of fused-ring (bicyclic) bond motifs is 1. The third kappa shape index (κ3) is 6.21. The van der Waals surface area contributed by atoms with Crippen LogP contribution in [0.4, 0.5) is 5.69 Å². The average molecular weight is 693 g/mol. The predicted molar refractivity (Wildman–Crippen MR) is 183 cm³/mol. The number of unbranched alkanes of at least 4 members (excludes halogenated alkanes) is 3. The molecule has 3 amide bonds. The predicted octanol–water partition coefficient (Wildman–Crippen LogP) is 5.34. The van der Waals surface area contributed by atoms with Crippen molar-refractivity contribution in [3.05, 3.63) is 90.5 Å². The molecule has 46 heavy (non-hydrogen) atoms. The molecule has 1 N–H and O–H groups in total. The Labute approximate surface area is 281 Å². The Morgan fingerprint density at radius 1 is 1.00 bits per heavy atom. The van der Waals surface area contributed by atoms with Crippen molar-refractivity contribution in [2.45, 2.75) is 75.1 Å². The molecule has 3 fully saturated rings. The van der Waals surface area contributed by atoms with E-state index in [-0.39, 0.29) is 35.7 Å². The number of anilines is 1. The Hall–Kier alpha value is -3.27. The lowest BCUT2D eigenvalue weighted by molar-refractivity contribution is -0.145. The van der Waals surface area contributed by atoms with E-state index in [1.54, 1.807) is 26.9 Å². The first-order chi connectivity index (χ1) is 22.2. The zero-order valence-corrected chi connectivity index (χ0v) is 28.5. The van der Waals surface area contributed by atoms with Gasteiger partial charge >= 0.3 is 0 Å². The van der Waals surface area contributed by atoms with Crippen LogP contribution in [0.2, 0.25) is 0 Å². The molecule has 1 spiro atoms. The summed E-state index contributed by atoms with van der Waals surface area (Å²) >= 11 is 3.81. The van der Waals surface area contributed by atoms with Gasteiger partial charge in [-0.3, -0.25) is 14.4 Å². The maximum Gasteiger partial charge on any atom is 0.253 e. The van der Waals surface area contributed by atoms with Crippen molar-refractivity contribution in [3.63, 3.8) is 0 Å². The van der Waals surface area contributed by atoms with Crippen LogP contribution < -0.4 is 4.90 Å². The number of hydrogen-bond donors (Lipinski definition) is 1. The number of carbonyl (C=O) groups excluding carboxylic acids is 3. The van der Waals surface area contributed by atoms with Crippen molar-refractivity contribution in [2.75, 3.05) is 31.1 Å². The van der Waals surface area contributed by atoms with E-state index < -0.39 is 29.6 Å². The van der Waals surface area contributed by atoms with Crippen LogP contribution >= 0.6 is 15.9 Å². The van der Waals surface area contributed by atoms with Gasteiger partial charge in [0, 0.05) is 43.3 Å². The summed E-state index contributed by atoms with van der Waals surface area (Å²) in [5.41, 5.74) is 2.54. The van der Waals surface area contributed by atoms with Crippen LogP contribution in [0.1, 0.15) is 48.8 Å². The largest absolute Gasteiger partial charge is 0.396 e. The van der Waals surface area contributed by atoms with Gasteiger partial charge in [-0.15, -0.1) is 13.2 Å². The molecule has 3 aliphatic heterocycles. The maximum atomic E-state index is 15.0. The van der Waals surface area contributed by atoms with Crippen molar-refractivity contribution < 1.29 is 24.2 Å². The highest BCUT2D eigenvalue weighted by Gasteiger charge is 2.76. The van der Waals surface area contributed by atoms with Crippen molar-refractivity contribution in [3.8, 4) is 0 Å². The first kappa shape index (κ1) is 34.1. The number of ether oxygens (including phenoxy) is 1. The minimum Gasteiger partial charge on any atom is -0.396 e. The molecule has 246 valence electrons. The number of rotatable bonds is 15. The summed E-state index contributed by atoms with van der Waals surface area (Å²) in [6, 6.07) is 14.8. The molecule has 5 rings (SSSR count). The van der Waals surface area contributed by atoms with E-state index in [1.807, 2.05) is 62.4 Å². The Morgan fingerprint density at radius 3 is 2.33 bits per heavy atom. The molecule has 0 radical (unpaired) electrons. The van der Waals surface area contributed by atoms with Crippen LogP contribution in [0.15, 0.2) is 73.8 Å². The summed E-state index contributed by atoms with van der Waals surface area (Å²) in [7, 11) is 0. The molecule has 0 aliphatic carbocycles. The number of nitrogens with zero attached hydrogens (tertiary/aromatic N) is 3. The van der Waals surface area contributed by atoms with Crippen molar-refractivity contribution in [1.29, 1.82) is 0 Å². The summed E-state index contributed by atoms with van der Waals surface area (Å²) in [6.07, 6.45) is 6.33. The van der Waals surface area contributed by atoms with Gasteiger partial charge in [0.05, 0.1) is 17.9 Å². The molecule has 3 heterocycles.